The molecule has 20 heavy (non-hydrogen) atoms. The molecule has 1 saturated heterocycles. The van der Waals surface area contributed by atoms with Crippen molar-refractivity contribution in [3.05, 3.63) is 29.3 Å². The molecular formula is C16H24N2O2. The van der Waals surface area contributed by atoms with Crippen LogP contribution in [0.2, 0.25) is 0 Å². The summed E-state index contributed by atoms with van der Waals surface area (Å²) >= 11 is 0. The number of nitrogens with one attached hydrogen (secondary N) is 1. The third-order valence-electron chi connectivity index (χ3n) is 3.67. The van der Waals surface area contributed by atoms with Gasteiger partial charge in [0.1, 0.15) is 5.75 Å². The molecule has 0 radical (unpaired) electrons. The summed E-state index contributed by atoms with van der Waals surface area (Å²) in [4.78, 5) is 13.7. The van der Waals surface area contributed by atoms with Crippen molar-refractivity contribution in [3.63, 3.8) is 0 Å². The Kier molecular flexibility index (Phi) is 5.01. The van der Waals surface area contributed by atoms with E-state index in [-0.39, 0.29) is 12.0 Å². The van der Waals surface area contributed by atoms with Gasteiger partial charge < -0.3 is 15.0 Å². The quantitative estimate of drug-likeness (QED) is 0.809. The van der Waals surface area contributed by atoms with Crippen molar-refractivity contribution in [1.82, 2.24) is 10.2 Å². The summed E-state index contributed by atoms with van der Waals surface area (Å²) in [5.41, 5.74) is 2.21. The van der Waals surface area contributed by atoms with Gasteiger partial charge in [-0.05, 0) is 25.5 Å². The lowest BCUT2D eigenvalue weighted by Crippen LogP contribution is -2.30. The summed E-state index contributed by atoms with van der Waals surface area (Å²) in [6.07, 6.45) is 1.55. The molecule has 0 aliphatic carbocycles. The average molecular weight is 276 g/mol. The van der Waals surface area contributed by atoms with Crippen molar-refractivity contribution in [2.24, 2.45) is 0 Å². The number of likely N-dealkylation sites (N-methyl/N-ethyl adjacent to an activating group) is 1. The van der Waals surface area contributed by atoms with Crippen LogP contribution in [0.4, 0.5) is 0 Å². The van der Waals surface area contributed by atoms with Gasteiger partial charge in [0.25, 0.3) is 5.91 Å². The smallest absolute Gasteiger partial charge is 0.263 e. The van der Waals surface area contributed by atoms with E-state index in [0.717, 1.165) is 49.4 Å². The molecule has 1 aliphatic rings. The van der Waals surface area contributed by atoms with Crippen LogP contribution in [0.25, 0.3) is 0 Å². The molecule has 1 fully saturated rings. The van der Waals surface area contributed by atoms with E-state index in [4.69, 9.17) is 4.74 Å². The Morgan fingerprint density at radius 1 is 1.45 bits per heavy atom. The number of carbonyl (C=O) groups is 1. The minimum Gasteiger partial charge on any atom is -0.480 e. The number of amides is 1. The maximum Gasteiger partial charge on any atom is 0.263 e. The van der Waals surface area contributed by atoms with E-state index in [1.54, 1.807) is 4.90 Å². The highest BCUT2D eigenvalue weighted by Crippen LogP contribution is 2.27. The van der Waals surface area contributed by atoms with Crippen molar-refractivity contribution in [2.75, 3.05) is 20.1 Å². The van der Waals surface area contributed by atoms with Crippen LogP contribution in [-0.2, 0) is 11.3 Å². The number of ether oxygens (including phenoxy) is 1. The molecule has 1 aromatic rings. The number of carbonyl (C=O) groups excluding carboxylic acids is 1. The number of hydrogen-bond acceptors (Lipinski definition) is 3. The first-order chi connectivity index (χ1) is 9.63. The molecule has 1 atom stereocenters. The highest BCUT2D eigenvalue weighted by molar-refractivity contribution is 5.83. The molecule has 4 heteroatoms. The second-order valence-corrected chi connectivity index (χ2v) is 5.39. The Morgan fingerprint density at radius 3 is 2.90 bits per heavy atom. The Bertz CT molecular complexity index is 474. The van der Waals surface area contributed by atoms with E-state index in [1.165, 1.54) is 0 Å². The number of aryl methyl sites for hydroxylation is 1. The van der Waals surface area contributed by atoms with Crippen LogP contribution in [0.1, 0.15) is 30.9 Å². The van der Waals surface area contributed by atoms with E-state index in [0.29, 0.717) is 0 Å². The van der Waals surface area contributed by atoms with Gasteiger partial charge in [0, 0.05) is 32.1 Å². The fourth-order valence-electron chi connectivity index (χ4n) is 2.46. The van der Waals surface area contributed by atoms with Crippen molar-refractivity contribution in [2.45, 2.75) is 39.3 Å². The largest absolute Gasteiger partial charge is 0.480 e. The predicted octanol–water partition coefficient (Wildman–Crippen LogP) is 2.10. The SMILES string of the molecule is CCCNCc1cccc(C)c1OC1CCN(C)C1=O. The summed E-state index contributed by atoms with van der Waals surface area (Å²) in [5.74, 6) is 0.950. The first kappa shape index (κ1) is 14.9. The summed E-state index contributed by atoms with van der Waals surface area (Å²) in [5, 5.41) is 3.39. The fourth-order valence-corrected chi connectivity index (χ4v) is 2.46. The molecule has 0 saturated carbocycles. The molecule has 2 rings (SSSR count). The van der Waals surface area contributed by atoms with Crippen LogP contribution in [0, 0.1) is 6.92 Å². The highest BCUT2D eigenvalue weighted by atomic mass is 16.5. The van der Waals surface area contributed by atoms with Gasteiger partial charge in [0.2, 0.25) is 0 Å². The van der Waals surface area contributed by atoms with Crippen LogP contribution in [0.5, 0.6) is 5.75 Å². The van der Waals surface area contributed by atoms with Gasteiger partial charge in [-0.3, -0.25) is 4.79 Å². The topological polar surface area (TPSA) is 41.6 Å². The van der Waals surface area contributed by atoms with Gasteiger partial charge in [-0.1, -0.05) is 25.1 Å². The molecule has 110 valence electrons. The second-order valence-electron chi connectivity index (χ2n) is 5.39. The molecule has 1 aliphatic heterocycles. The normalized spacial score (nSPS) is 18.6. The number of likely N-dealkylation sites (tertiary alicyclic amines) is 1. The molecule has 1 amide bonds. The lowest BCUT2D eigenvalue weighted by molar-refractivity contribution is -0.132. The fraction of sp³-hybridized carbons (Fsp3) is 0.562. The molecule has 4 nitrogen and oxygen atoms in total. The van der Waals surface area contributed by atoms with Crippen LogP contribution in [0.3, 0.4) is 0 Å². The zero-order valence-corrected chi connectivity index (χ0v) is 12.6. The minimum atomic E-state index is -0.328. The van der Waals surface area contributed by atoms with Crippen LogP contribution in [-0.4, -0.2) is 37.0 Å². The lowest BCUT2D eigenvalue weighted by atomic mass is 10.1. The van der Waals surface area contributed by atoms with E-state index in [1.807, 2.05) is 26.1 Å². The van der Waals surface area contributed by atoms with Gasteiger partial charge in [-0.25, -0.2) is 0 Å². The third-order valence-corrected chi connectivity index (χ3v) is 3.67. The van der Waals surface area contributed by atoms with Crippen LogP contribution in [0.15, 0.2) is 18.2 Å². The highest BCUT2D eigenvalue weighted by Gasteiger charge is 2.31. The maximum absolute atomic E-state index is 12.0. The second kappa shape index (κ2) is 6.75. The molecule has 1 aromatic carbocycles. The molecule has 0 aromatic heterocycles. The monoisotopic (exact) mass is 276 g/mol. The molecular weight excluding hydrogens is 252 g/mol. The number of para-hydroxylation sites is 1. The third kappa shape index (κ3) is 3.31. The van der Waals surface area contributed by atoms with E-state index in [2.05, 4.69) is 18.3 Å². The standard InChI is InChI=1S/C16H24N2O2/c1-4-9-17-11-13-7-5-6-12(2)15(13)20-14-8-10-18(3)16(14)19/h5-7,14,17H,4,8-11H2,1-3H3. The predicted molar refractivity (Wildman–Crippen MR) is 79.8 cm³/mol. The average Bonchev–Trinajstić information content (AvgIpc) is 2.74. The molecule has 0 bridgehead atoms. The molecule has 1 unspecified atom stereocenters. The number of nitrogens with zero attached hydrogens (tertiary/aromatic N) is 1. The van der Waals surface area contributed by atoms with Crippen LogP contribution < -0.4 is 10.1 Å². The van der Waals surface area contributed by atoms with E-state index in [9.17, 15) is 4.79 Å². The van der Waals surface area contributed by atoms with Gasteiger partial charge in [-0.2, -0.15) is 0 Å². The summed E-state index contributed by atoms with van der Waals surface area (Å²) < 4.78 is 6.02. The van der Waals surface area contributed by atoms with Gasteiger partial charge in [-0.15, -0.1) is 0 Å². The van der Waals surface area contributed by atoms with Crippen molar-refractivity contribution in [1.29, 1.82) is 0 Å². The summed E-state index contributed by atoms with van der Waals surface area (Å²) in [7, 11) is 1.83. The Labute approximate surface area is 121 Å². The van der Waals surface area contributed by atoms with Crippen molar-refractivity contribution >= 4 is 5.91 Å². The van der Waals surface area contributed by atoms with Crippen molar-refractivity contribution < 1.29 is 9.53 Å². The zero-order chi connectivity index (χ0) is 14.5. The molecule has 1 N–H and O–H groups in total. The Balaban J connectivity index is 2.11. The summed E-state index contributed by atoms with van der Waals surface area (Å²) in [6.45, 7) is 6.72. The van der Waals surface area contributed by atoms with Crippen LogP contribution >= 0.6 is 0 Å². The number of hydrogen-bond donors (Lipinski definition) is 1. The first-order valence-corrected chi connectivity index (χ1v) is 7.34. The lowest BCUT2D eigenvalue weighted by Gasteiger charge is -2.18. The Hall–Kier alpha value is -1.55. The maximum atomic E-state index is 12.0. The van der Waals surface area contributed by atoms with Gasteiger partial charge in [0.05, 0.1) is 0 Å². The number of rotatable bonds is 6. The van der Waals surface area contributed by atoms with Crippen molar-refractivity contribution in [3.8, 4) is 5.75 Å². The summed E-state index contributed by atoms with van der Waals surface area (Å²) in [6, 6.07) is 6.13. The zero-order valence-electron chi connectivity index (χ0n) is 12.6. The number of benzene rings is 1. The Morgan fingerprint density at radius 2 is 2.25 bits per heavy atom. The first-order valence-electron chi connectivity index (χ1n) is 7.34. The molecule has 0 spiro atoms. The van der Waals surface area contributed by atoms with Gasteiger partial charge in [0.15, 0.2) is 6.10 Å². The van der Waals surface area contributed by atoms with Gasteiger partial charge >= 0.3 is 0 Å². The van der Waals surface area contributed by atoms with E-state index < -0.39 is 0 Å². The minimum absolute atomic E-state index is 0.0840. The molecule has 1 heterocycles. The van der Waals surface area contributed by atoms with E-state index >= 15 is 0 Å².